The summed E-state index contributed by atoms with van der Waals surface area (Å²) in [7, 11) is 0. The zero-order valence-corrected chi connectivity index (χ0v) is 9.68. The van der Waals surface area contributed by atoms with Crippen molar-refractivity contribution >= 4 is 6.29 Å². The Bertz CT molecular complexity index is 200. The Hall–Kier alpha value is -0.490. The highest BCUT2D eigenvalue weighted by Gasteiger charge is 2.30. The normalized spacial score (nSPS) is 26.9. The summed E-state index contributed by atoms with van der Waals surface area (Å²) in [6.45, 7) is 2.77. The number of carbonyl (C=O) groups excluding carboxylic acids is 1. The van der Waals surface area contributed by atoms with E-state index in [-0.39, 0.29) is 18.8 Å². The summed E-state index contributed by atoms with van der Waals surface area (Å²) in [5.41, 5.74) is 5.45. The molecule has 1 heterocycles. The highest BCUT2D eigenvalue weighted by Crippen LogP contribution is 2.18. The molecule has 1 aliphatic rings. The predicted molar refractivity (Wildman–Crippen MR) is 61.2 cm³/mol. The van der Waals surface area contributed by atoms with Crippen LogP contribution in [0.3, 0.4) is 0 Å². The number of morpholine rings is 1. The van der Waals surface area contributed by atoms with Gasteiger partial charge in [-0.2, -0.15) is 0 Å². The van der Waals surface area contributed by atoms with E-state index in [0.717, 1.165) is 32.1 Å². The molecule has 1 fully saturated rings. The maximum absolute atomic E-state index is 10.9. The van der Waals surface area contributed by atoms with Crippen molar-refractivity contribution in [1.29, 1.82) is 0 Å². The maximum Gasteiger partial charge on any atom is 0.150 e. The van der Waals surface area contributed by atoms with Crippen molar-refractivity contribution in [3.8, 4) is 0 Å². The van der Waals surface area contributed by atoms with E-state index in [1.807, 2.05) is 0 Å². The monoisotopic (exact) mass is 230 g/mol. The zero-order valence-electron chi connectivity index (χ0n) is 9.68. The lowest BCUT2D eigenvalue weighted by Crippen LogP contribution is -2.52. The van der Waals surface area contributed by atoms with Gasteiger partial charge in [-0.15, -0.1) is 0 Å². The standard InChI is InChI=1S/C11H22N2O3/c12-4-2-1-3-10-11(9-15)16-8-6-13(10)5-7-14/h9-11,14H,1-8,12H2. The van der Waals surface area contributed by atoms with E-state index in [0.29, 0.717) is 19.7 Å². The number of hydrogen-bond acceptors (Lipinski definition) is 5. The van der Waals surface area contributed by atoms with Crippen LogP contribution in [0.2, 0.25) is 0 Å². The molecule has 5 heteroatoms. The molecule has 0 spiro atoms. The molecule has 0 bridgehead atoms. The molecule has 0 radical (unpaired) electrons. The summed E-state index contributed by atoms with van der Waals surface area (Å²) in [4.78, 5) is 13.1. The van der Waals surface area contributed by atoms with Gasteiger partial charge in [0.2, 0.25) is 0 Å². The van der Waals surface area contributed by atoms with Gasteiger partial charge < -0.3 is 20.4 Å². The number of β-amino-alcohol motifs (C(OH)–C–C–N with tert-alkyl or cyclic N) is 1. The highest BCUT2D eigenvalue weighted by atomic mass is 16.5. The van der Waals surface area contributed by atoms with Crippen LogP contribution in [0.1, 0.15) is 19.3 Å². The lowest BCUT2D eigenvalue weighted by Gasteiger charge is -2.38. The smallest absolute Gasteiger partial charge is 0.150 e. The molecular weight excluding hydrogens is 208 g/mol. The molecule has 94 valence electrons. The number of unbranched alkanes of at least 4 members (excludes halogenated alkanes) is 1. The van der Waals surface area contributed by atoms with Crippen LogP contribution in [0, 0.1) is 0 Å². The van der Waals surface area contributed by atoms with Crippen molar-refractivity contribution in [2.45, 2.75) is 31.4 Å². The number of aliphatic hydroxyl groups is 1. The quantitative estimate of drug-likeness (QED) is 0.450. The minimum absolute atomic E-state index is 0.102. The Morgan fingerprint density at radius 2 is 2.31 bits per heavy atom. The Morgan fingerprint density at radius 1 is 1.50 bits per heavy atom. The first-order valence-corrected chi connectivity index (χ1v) is 5.95. The SMILES string of the molecule is NCCCCC1C(C=O)OCCN1CCO. The van der Waals surface area contributed by atoms with E-state index in [1.165, 1.54) is 0 Å². The Balaban J connectivity index is 2.48. The molecule has 3 N–H and O–H groups in total. The molecule has 0 aromatic carbocycles. The number of nitrogens with zero attached hydrogens (tertiary/aromatic N) is 1. The second kappa shape index (κ2) is 7.73. The summed E-state index contributed by atoms with van der Waals surface area (Å²) in [6.07, 6.45) is 3.39. The van der Waals surface area contributed by atoms with E-state index >= 15 is 0 Å². The summed E-state index contributed by atoms with van der Waals surface area (Å²) >= 11 is 0. The Morgan fingerprint density at radius 3 is 2.94 bits per heavy atom. The zero-order chi connectivity index (χ0) is 11.8. The number of carbonyl (C=O) groups is 1. The molecule has 1 rings (SSSR count). The van der Waals surface area contributed by atoms with Crippen molar-refractivity contribution in [3.05, 3.63) is 0 Å². The van der Waals surface area contributed by atoms with Crippen LogP contribution in [0.4, 0.5) is 0 Å². The molecule has 0 aromatic rings. The average molecular weight is 230 g/mol. The molecule has 5 nitrogen and oxygen atoms in total. The lowest BCUT2D eigenvalue weighted by molar-refractivity contribution is -0.131. The first-order valence-electron chi connectivity index (χ1n) is 5.95. The van der Waals surface area contributed by atoms with Crippen LogP contribution in [0.5, 0.6) is 0 Å². The van der Waals surface area contributed by atoms with Gasteiger partial charge in [0.25, 0.3) is 0 Å². The van der Waals surface area contributed by atoms with E-state index < -0.39 is 0 Å². The van der Waals surface area contributed by atoms with Crippen LogP contribution in [-0.2, 0) is 9.53 Å². The van der Waals surface area contributed by atoms with E-state index in [1.54, 1.807) is 0 Å². The van der Waals surface area contributed by atoms with Crippen molar-refractivity contribution in [2.75, 3.05) is 32.8 Å². The second-order valence-electron chi connectivity index (χ2n) is 4.08. The van der Waals surface area contributed by atoms with E-state index in [4.69, 9.17) is 15.6 Å². The van der Waals surface area contributed by atoms with Crippen molar-refractivity contribution in [2.24, 2.45) is 5.73 Å². The minimum Gasteiger partial charge on any atom is -0.395 e. The third-order valence-corrected chi connectivity index (χ3v) is 3.01. The van der Waals surface area contributed by atoms with Crippen LogP contribution in [0.15, 0.2) is 0 Å². The number of hydrogen-bond donors (Lipinski definition) is 2. The second-order valence-corrected chi connectivity index (χ2v) is 4.08. The third-order valence-electron chi connectivity index (χ3n) is 3.01. The molecule has 2 atom stereocenters. The fraction of sp³-hybridized carbons (Fsp3) is 0.909. The van der Waals surface area contributed by atoms with Gasteiger partial charge in [0.15, 0.2) is 0 Å². The fourth-order valence-corrected chi connectivity index (χ4v) is 2.17. The molecule has 1 aliphatic heterocycles. The third kappa shape index (κ3) is 3.83. The van der Waals surface area contributed by atoms with Gasteiger partial charge in [-0.25, -0.2) is 0 Å². The Labute approximate surface area is 96.6 Å². The molecular formula is C11H22N2O3. The number of aliphatic hydroxyl groups excluding tert-OH is 1. The van der Waals surface area contributed by atoms with Crippen molar-refractivity contribution in [1.82, 2.24) is 4.90 Å². The first kappa shape index (κ1) is 13.6. The summed E-state index contributed by atoms with van der Waals surface area (Å²) in [5.74, 6) is 0. The van der Waals surface area contributed by atoms with Crippen LogP contribution >= 0.6 is 0 Å². The molecule has 0 amide bonds. The van der Waals surface area contributed by atoms with Crippen molar-refractivity contribution < 1.29 is 14.6 Å². The molecule has 1 saturated heterocycles. The largest absolute Gasteiger partial charge is 0.395 e. The number of rotatable bonds is 7. The molecule has 0 saturated carbocycles. The van der Waals surface area contributed by atoms with Gasteiger partial charge in [-0.1, -0.05) is 6.42 Å². The van der Waals surface area contributed by atoms with Crippen LogP contribution < -0.4 is 5.73 Å². The molecule has 16 heavy (non-hydrogen) atoms. The highest BCUT2D eigenvalue weighted by molar-refractivity contribution is 5.57. The molecule has 0 aromatic heterocycles. The maximum atomic E-state index is 10.9. The molecule has 0 aliphatic carbocycles. The number of aldehydes is 1. The van der Waals surface area contributed by atoms with Gasteiger partial charge >= 0.3 is 0 Å². The first-order chi connectivity index (χ1) is 7.83. The minimum atomic E-state index is -0.349. The lowest BCUT2D eigenvalue weighted by atomic mass is 10.0. The van der Waals surface area contributed by atoms with Crippen molar-refractivity contribution in [3.63, 3.8) is 0 Å². The van der Waals surface area contributed by atoms with Crippen LogP contribution in [-0.4, -0.2) is 61.3 Å². The number of nitrogens with two attached hydrogens (primary N) is 1. The van der Waals surface area contributed by atoms with Gasteiger partial charge in [-0.05, 0) is 19.4 Å². The van der Waals surface area contributed by atoms with Gasteiger partial charge in [0.1, 0.15) is 12.4 Å². The topological polar surface area (TPSA) is 75.8 Å². The van der Waals surface area contributed by atoms with E-state index in [2.05, 4.69) is 4.90 Å². The van der Waals surface area contributed by atoms with Gasteiger partial charge in [0.05, 0.1) is 13.2 Å². The van der Waals surface area contributed by atoms with Gasteiger partial charge in [0, 0.05) is 19.1 Å². The number of ether oxygens (including phenoxy) is 1. The molecule has 2 unspecified atom stereocenters. The van der Waals surface area contributed by atoms with Crippen LogP contribution in [0.25, 0.3) is 0 Å². The van der Waals surface area contributed by atoms with Gasteiger partial charge in [-0.3, -0.25) is 4.90 Å². The summed E-state index contributed by atoms with van der Waals surface area (Å²) in [5, 5.41) is 8.98. The summed E-state index contributed by atoms with van der Waals surface area (Å²) < 4.78 is 5.42. The summed E-state index contributed by atoms with van der Waals surface area (Å²) in [6, 6.07) is 0.102. The predicted octanol–water partition coefficient (Wildman–Crippen LogP) is -0.624. The Kier molecular flexibility index (Phi) is 6.56. The average Bonchev–Trinajstić information content (AvgIpc) is 2.31. The van der Waals surface area contributed by atoms with E-state index in [9.17, 15) is 4.79 Å². The fourth-order valence-electron chi connectivity index (χ4n) is 2.17.